The Bertz CT molecular complexity index is 3440. The monoisotopic (exact) mass is 732 g/mol. The van der Waals surface area contributed by atoms with Gasteiger partial charge in [-0.2, -0.15) is 0 Å². The minimum atomic E-state index is -0.271. The summed E-state index contributed by atoms with van der Waals surface area (Å²) < 4.78 is 15.5. The Balaban J connectivity index is 0.944. The quantitative estimate of drug-likeness (QED) is 0.192. The summed E-state index contributed by atoms with van der Waals surface area (Å²) in [6, 6.07) is 63.3. The largest absolute Gasteiger partial charge is 0.456 e. The molecule has 1 aliphatic heterocycles. The van der Waals surface area contributed by atoms with Gasteiger partial charge in [-0.05, 0) is 77.4 Å². The third-order valence-electron chi connectivity index (χ3n) is 11.3. The Morgan fingerprint density at radius 2 is 1.11 bits per heavy atom. The Kier molecular flexibility index (Phi) is 6.89. The summed E-state index contributed by atoms with van der Waals surface area (Å²) in [4.78, 5) is 10.1. The molecular formula is C51H32N4O2. The van der Waals surface area contributed by atoms with E-state index in [1.165, 1.54) is 5.39 Å². The van der Waals surface area contributed by atoms with Crippen molar-refractivity contribution >= 4 is 77.4 Å². The lowest BCUT2D eigenvalue weighted by molar-refractivity contribution is 0.667. The zero-order chi connectivity index (χ0) is 37.5. The highest BCUT2D eigenvalue weighted by atomic mass is 16.3. The number of nitrogens with zero attached hydrogens (tertiary/aromatic N) is 3. The van der Waals surface area contributed by atoms with E-state index >= 15 is 0 Å². The summed E-state index contributed by atoms with van der Waals surface area (Å²) in [6.07, 6.45) is -0.271. The number of aliphatic imine (C=N–C) groups is 2. The molecule has 0 radical (unpaired) electrons. The van der Waals surface area contributed by atoms with Gasteiger partial charge < -0.3 is 18.7 Å². The minimum Gasteiger partial charge on any atom is -0.456 e. The van der Waals surface area contributed by atoms with Crippen LogP contribution in [0.15, 0.2) is 201 Å². The Hall–Kier alpha value is -7.70. The van der Waals surface area contributed by atoms with E-state index in [1.807, 2.05) is 48.5 Å². The molecule has 0 aliphatic carbocycles. The first-order valence-corrected chi connectivity index (χ1v) is 19.2. The van der Waals surface area contributed by atoms with Gasteiger partial charge >= 0.3 is 0 Å². The molecule has 12 rings (SSSR count). The van der Waals surface area contributed by atoms with Crippen LogP contribution in [0.1, 0.15) is 22.9 Å². The lowest BCUT2D eigenvalue weighted by Crippen LogP contribution is -2.33. The SMILES string of the molecule is c1ccc(C2=NC(c3ccc4c(c3)oc3cc(-c5cccc(-n6c7ccccc7c7c8oc9ccccc9c8ccc76)c5)ccc34)=NC(c3ccccc3)N2)cc1. The number of amidine groups is 2. The molecule has 0 saturated carbocycles. The van der Waals surface area contributed by atoms with Crippen LogP contribution in [0.2, 0.25) is 0 Å². The van der Waals surface area contributed by atoms with Crippen LogP contribution in [0.25, 0.3) is 82.5 Å². The summed E-state index contributed by atoms with van der Waals surface area (Å²) in [5, 5.41) is 10.2. The summed E-state index contributed by atoms with van der Waals surface area (Å²) >= 11 is 0. The highest BCUT2D eigenvalue weighted by Crippen LogP contribution is 2.41. The molecule has 57 heavy (non-hydrogen) atoms. The highest BCUT2D eigenvalue weighted by Gasteiger charge is 2.22. The van der Waals surface area contributed by atoms with E-state index in [-0.39, 0.29) is 6.17 Å². The second-order valence-corrected chi connectivity index (χ2v) is 14.6. The number of hydrogen-bond acceptors (Lipinski definition) is 5. The first kappa shape index (κ1) is 31.6. The molecule has 6 heteroatoms. The molecule has 268 valence electrons. The fraction of sp³-hybridized carbons (Fsp3) is 0.0196. The molecule has 4 heterocycles. The molecular weight excluding hydrogens is 701 g/mol. The van der Waals surface area contributed by atoms with Crippen LogP contribution in [-0.2, 0) is 0 Å². The number of para-hydroxylation sites is 2. The maximum atomic E-state index is 6.62. The van der Waals surface area contributed by atoms with Crippen LogP contribution in [0.5, 0.6) is 0 Å². The van der Waals surface area contributed by atoms with Crippen molar-refractivity contribution in [3.05, 3.63) is 199 Å². The summed E-state index contributed by atoms with van der Waals surface area (Å²) in [7, 11) is 0. The van der Waals surface area contributed by atoms with Crippen molar-refractivity contribution in [3.8, 4) is 16.8 Å². The van der Waals surface area contributed by atoms with Crippen LogP contribution in [0.3, 0.4) is 0 Å². The molecule has 6 nitrogen and oxygen atoms in total. The van der Waals surface area contributed by atoms with E-state index in [0.29, 0.717) is 5.84 Å². The van der Waals surface area contributed by atoms with Gasteiger partial charge in [0.1, 0.15) is 34.3 Å². The number of rotatable bonds is 5. The van der Waals surface area contributed by atoms with Gasteiger partial charge in [-0.3, -0.25) is 0 Å². The van der Waals surface area contributed by atoms with Crippen molar-refractivity contribution in [1.29, 1.82) is 0 Å². The van der Waals surface area contributed by atoms with E-state index in [2.05, 4.69) is 143 Å². The lowest BCUT2D eigenvalue weighted by Gasteiger charge is -2.23. The van der Waals surface area contributed by atoms with E-state index in [0.717, 1.165) is 99.6 Å². The molecule has 8 aromatic carbocycles. The van der Waals surface area contributed by atoms with Crippen molar-refractivity contribution < 1.29 is 8.83 Å². The standard InChI is InChI=1S/C51H32N4O2/c1-3-12-31(13-4-1)49-52-50(32-14-5-2-6-15-32)54-51(53-49)35-23-25-39-38-24-22-34(29-45(38)56-46(39)30-35)33-16-11-17-36(28-33)55-42-20-9-7-19-41(42)47-43(55)27-26-40-37-18-8-10-21-44(37)57-48(40)47/h1-30,49H,(H,52,53,54). The Morgan fingerprint density at radius 1 is 0.456 bits per heavy atom. The maximum Gasteiger partial charge on any atom is 0.159 e. The second kappa shape index (κ2) is 12.4. The first-order chi connectivity index (χ1) is 28.2. The predicted molar refractivity (Wildman–Crippen MR) is 233 cm³/mol. The molecule has 1 N–H and O–H groups in total. The number of furan rings is 2. The normalized spacial score (nSPS) is 14.5. The fourth-order valence-corrected chi connectivity index (χ4v) is 8.56. The van der Waals surface area contributed by atoms with E-state index < -0.39 is 0 Å². The molecule has 0 amide bonds. The molecule has 0 fully saturated rings. The topological polar surface area (TPSA) is 68.0 Å². The number of hydrogen-bond donors (Lipinski definition) is 1. The number of nitrogens with one attached hydrogen (secondary N) is 1. The number of aromatic nitrogens is 1. The average Bonchev–Trinajstić information content (AvgIpc) is 3.96. The first-order valence-electron chi connectivity index (χ1n) is 19.2. The highest BCUT2D eigenvalue weighted by molar-refractivity contribution is 6.24. The van der Waals surface area contributed by atoms with Crippen LogP contribution < -0.4 is 5.32 Å². The van der Waals surface area contributed by atoms with Gasteiger partial charge in [0.15, 0.2) is 5.84 Å². The van der Waals surface area contributed by atoms with Crippen molar-refractivity contribution in [2.75, 3.05) is 0 Å². The molecule has 11 aromatic rings. The molecule has 1 unspecified atom stereocenters. The van der Waals surface area contributed by atoms with Crippen LogP contribution >= 0.6 is 0 Å². The van der Waals surface area contributed by atoms with Gasteiger partial charge in [0, 0.05) is 43.7 Å². The van der Waals surface area contributed by atoms with E-state index in [4.69, 9.17) is 18.8 Å². The molecule has 0 bridgehead atoms. The lowest BCUT2D eigenvalue weighted by atomic mass is 10.0. The van der Waals surface area contributed by atoms with Gasteiger partial charge in [0.2, 0.25) is 0 Å². The maximum absolute atomic E-state index is 6.62. The second-order valence-electron chi connectivity index (χ2n) is 14.6. The van der Waals surface area contributed by atoms with Crippen LogP contribution in [0, 0.1) is 0 Å². The number of fused-ring (bicyclic) bond motifs is 10. The summed E-state index contributed by atoms with van der Waals surface area (Å²) in [5.74, 6) is 1.45. The van der Waals surface area contributed by atoms with Crippen LogP contribution in [0.4, 0.5) is 0 Å². The molecule has 1 atom stereocenters. The number of benzene rings is 8. The summed E-state index contributed by atoms with van der Waals surface area (Å²) in [5.41, 5.74) is 11.9. The molecule has 0 saturated heterocycles. The van der Waals surface area contributed by atoms with Gasteiger partial charge in [0.25, 0.3) is 0 Å². The van der Waals surface area contributed by atoms with Gasteiger partial charge in [-0.15, -0.1) is 0 Å². The summed E-state index contributed by atoms with van der Waals surface area (Å²) in [6.45, 7) is 0. The fourth-order valence-electron chi connectivity index (χ4n) is 8.56. The predicted octanol–water partition coefficient (Wildman–Crippen LogP) is 12.7. The van der Waals surface area contributed by atoms with Crippen molar-refractivity contribution in [2.24, 2.45) is 9.98 Å². The van der Waals surface area contributed by atoms with Gasteiger partial charge in [-0.1, -0.05) is 121 Å². The van der Waals surface area contributed by atoms with Crippen LogP contribution in [-0.4, -0.2) is 16.2 Å². The molecule has 3 aromatic heterocycles. The van der Waals surface area contributed by atoms with E-state index in [9.17, 15) is 0 Å². The minimum absolute atomic E-state index is 0.271. The smallest absolute Gasteiger partial charge is 0.159 e. The Labute approximate surface area is 326 Å². The third kappa shape index (κ3) is 5.04. The average molecular weight is 733 g/mol. The van der Waals surface area contributed by atoms with Crippen molar-refractivity contribution in [2.45, 2.75) is 6.17 Å². The van der Waals surface area contributed by atoms with Crippen molar-refractivity contribution in [3.63, 3.8) is 0 Å². The molecule has 1 aliphatic rings. The molecule has 0 spiro atoms. The van der Waals surface area contributed by atoms with Gasteiger partial charge in [0.05, 0.1) is 16.4 Å². The Morgan fingerprint density at radius 3 is 1.95 bits per heavy atom. The van der Waals surface area contributed by atoms with Gasteiger partial charge in [-0.25, -0.2) is 9.98 Å². The zero-order valence-electron chi connectivity index (χ0n) is 30.6. The van der Waals surface area contributed by atoms with E-state index in [1.54, 1.807) is 0 Å². The zero-order valence-corrected chi connectivity index (χ0v) is 30.6. The van der Waals surface area contributed by atoms with Crippen molar-refractivity contribution in [1.82, 2.24) is 9.88 Å². The third-order valence-corrected chi connectivity index (χ3v) is 11.3.